The third-order valence-electron chi connectivity index (χ3n) is 14.0. The highest BCUT2D eigenvalue weighted by Gasteiger charge is 2.64. The maximum Gasteiger partial charge on any atom is 0.335 e. The Labute approximate surface area is 316 Å². The van der Waals surface area contributed by atoms with Gasteiger partial charge in [0.25, 0.3) is 0 Å². The molecule has 7 aliphatic rings. The molecule has 3 saturated carbocycles. The summed E-state index contributed by atoms with van der Waals surface area (Å²) in [5, 5.41) is 43.5. The molecular weight excluding hydrogens is 730 g/mol. The Morgan fingerprint density at radius 2 is 1.78 bits per heavy atom. The lowest BCUT2D eigenvalue weighted by atomic mass is 9.45. The number of rotatable bonds is 11. The van der Waals surface area contributed by atoms with Gasteiger partial charge in [0, 0.05) is 18.8 Å². The van der Waals surface area contributed by atoms with Crippen molar-refractivity contribution >= 4 is 21.9 Å². The van der Waals surface area contributed by atoms with Crippen LogP contribution in [0.4, 0.5) is 0 Å². The molecule has 4 unspecified atom stereocenters. The van der Waals surface area contributed by atoms with Crippen LogP contribution in [0.15, 0.2) is 11.6 Å². The number of nitrogens with one attached hydrogen (secondary N) is 1. The standard InChI is InChI=1S/C37H57NO15S/c1-18-24(41)14-30(49-18)53-34-33(44)32(43)27(17-48-29-6-4-5-28(52-29)38-54(45,46)47)51-35(34)50-26-15-37(3)22(9-10-23(37)25(42)16-39)21-8-7-19-13-20(40)11-12-36(19,2)31(21)26/h13,18,21-24,26-35,38-39,41,43-44H,4-12,14-17H2,1-3H3,(H,45,46,47)/t18-,21+,22+,23-,24+,26+,27?,28+,29-,30?,31?,32+,33+,34?,35+,36+,37+/m1/s1. The molecule has 0 spiro atoms. The number of ketones is 2. The molecule has 0 aromatic rings. The minimum absolute atomic E-state index is 0.0814. The van der Waals surface area contributed by atoms with E-state index >= 15 is 0 Å². The van der Waals surface area contributed by atoms with Gasteiger partial charge in [-0.05, 0) is 99.4 Å². The number of carbonyl (C=O) groups excluding carboxylic acids is 2. The molecule has 7 rings (SSSR count). The molecule has 0 aromatic heterocycles. The van der Waals surface area contributed by atoms with Crippen molar-refractivity contribution in [2.24, 2.45) is 34.5 Å². The monoisotopic (exact) mass is 787 g/mol. The lowest BCUT2D eigenvalue weighted by Crippen LogP contribution is -2.64. The zero-order chi connectivity index (χ0) is 38.7. The normalized spacial score (nSPS) is 48.1. The smallest absolute Gasteiger partial charge is 0.335 e. The van der Waals surface area contributed by atoms with Crippen LogP contribution in [0.25, 0.3) is 0 Å². The topological polar surface area (TPSA) is 237 Å². The molecule has 6 N–H and O–H groups in total. The molecule has 3 aliphatic heterocycles. The summed E-state index contributed by atoms with van der Waals surface area (Å²) in [6, 6.07) is 0. The molecule has 17 atom stereocenters. The average molecular weight is 788 g/mol. The summed E-state index contributed by atoms with van der Waals surface area (Å²) in [5.41, 5.74) is 0.208. The second-order valence-electron chi connectivity index (χ2n) is 17.1. The van der Waals surface area contributed by atoms with Gasteiger partial charge in [-0.2, -0.15) is 13.1 Å². The molecular formula is C37H57NO15S. The summed E-state index contributed by atoms with van der Waals surface area (Å²) in [7, 11) is -4.52. The Bertz CT molecular complexity index is 1530. The van der Waals surface area contributed by atoms with Crippen LogP contribution in [-0.4, -0.2) is 126 Å². The molecule has 4 aliphatic carbocycles. The van der Waals surface area contributed by atoms with Crippen LogP contribution in [0.1, 0.15) is 91.4 Å². The fourth-order valence-electron chi connectivity index (χ4n) is 11.3. The molecule has 0 aromatic carbocycles. The number of aliphatic hydroxyl groups is 4. The lowest BCUT2D eigenvalue weighted by molar-refractivity contribution is -0.355. The molecule has 0 bridgehead atoms. The van der Waals surface area contributed by atoms with Crippen LogP contribution < -0.4 is 4.72 Å². The molecule has 306 valence electrons. The molecule has 3 saturated heterocycles. The van der Waals surface area contributed by atoms with Gasteiger partial charge in [-0.3, -0.25) is 14.1 Å². The van der Waals surface area contributed by atoms with Crippen molar-refractivity contribution in [3.8, 4) is 0 Å². The van der Waals surface area contributed by atoms with Gasteiger partial charge < -0.3 is 48.8 Å². The Morgan fingerprint density at radius 1 is 1.00 bits per heavy atom. The first-order chi connectivity index (χ1) is 25.5. The second kappa shape index (κ2) is 15.7. The first kappa shape index (κ1) is 40.7. The van der Waals surface area contributed by atoms with Gasteiger partial charge in [0.1, 0.15) is 37.3 Å². The fourth-order valence-corrected chi connectivity index (χ4v) is 11.8. The van der Waals surface area contributed by atoms with E-state index < -0.39 is 90.2 Å². The van der Waals surface area contributed by atoms with Crippen molar-refractivity contribution in [2.75, 3.05) is 13.2 Å². The molecule has 54 heavy (non-hydrogen) atoms. The number of ether oxygens (including phenoxy) is 6. The molecule has 0 radical (unpaired) electrons. The highest BCUT2D eigenvalue weighted by Crippen LogP contribution is 2.67. The van der Waals surface area contributed by atoms with Crippen LogP contribution in [0, 0.1) is 34.5 Å². The summed E-state index contributed by atoms with van der Waals surface area (Å²) in [5.74, 6) is -0.209. The fraction of sp³-hybridized carbons (Fsp3) is 0.892. The van der Waals surface area contributed by atoms with Crippen LogP contribution in [0.2, 0.25) is 0 Å². The van der Waals surface area contributed by atoms with Gasteiger partial charge >= 0.3 is 10.3 Å². The second-order valence-corrected chi connectivity index (χ2v) is 18.3. The van der Waals surface area contributed by atoms with Crippen molar-refractivity contribution in [3.05, 3.63) is 11.6 Å². The summed E-state index contributed by atoms with van der Waals surface area (Å²) < 4.78 is 71.2. The van der Waals surface area contributed by atoms with E-state index in [1.54, 1.807) is 13.0 Å². The molecule has 16 nitrogen and oxygen atoms in total. The summed E-state index contributed by atoms with van der Waals surface area (Å²) in [6.07, 6.45) is -3.81. The maximum absolute atomic E-state index is 13.2. The molecule has 3 heterocycles. The van der Waals surface area contributed by atoms with Gasteiger partial charge in [0.2, 0.25) is 0 Å². The Morgan fingerprint density at radius 3 is 2.48 bits per heavy atom. The minimum atomic E-state index is -4.52. The predicted molar refractivity (Wildman–Crippen MR) is 186 cm³/mol. The Balaban J connectivity index is 1.18. The SMILES string of the molecule is C[C@H]1OC(OC2[C@@H](O[C@H]3C[C@]4(C)[C@@H](C(=O)CO)CC[C@H]4[C@@H]4CCC5=CC(=O)CC[C@]5(C)C34)OC(CO[C@H]3CCC[C@@H](NS(=O)(=O)O)O3)[C@H](O)[C@@H]2O)C[C@@H]1O. The van der Waals surface area contributed by atoms with E-state index in [0.29, 0.717) is 44.9 Å². The summed E-state index contributed by atoms with van der Waals surface area (Å²) in [4.78, 5) is 25.9. The van der Waals surface area contributed by atoms with E-state index in [1.807, 2.05) is 4.72 Å². The summed E-state index contributed by atoms with van der Waals surface area (Å²) >= 11 is 0. The largest absolute Gasteiger partial charge is 0.390 e. The first-order valence-corrected chi connectivity index (χ1v) is 21.0. The predicted octanol–water partition coefficient (Wildman–Crippen LogP) is 1.28. The molecule has 17 heteroatoms. The van der Waals surface area contributed by atoms with Gasteiger partial charge in [-0.1, -0.05) is 19.4 Å². The number of Topliss-reactive ketones (excluding diaryl/α,β-unsaturated/α-hetero) is 1. The van der Waals surface area contributed by atoms with E-state index in [1.165, 1.54) is 0 Å². The van der Waals surface area contributed by atoms with Gasteiger partial charge in [-0.15, -0.1) is 0 Å². The van der Waals surface area contributed by atoms with Crippen LogP contribution in [-0.2, 0) is 48.3 Å². The maximum atomic E-state index is 13.2. The van der Waals surface area contributed by atoms with Crippen molar-refractivity contribution in [3.63, 3.8) is 0 Å². The van der Waals surface area contributed by atoms with Crippen LogP contribution in [0.3, 0.4) is 0 Å². The van der Waals surface area contributed by atoms with Gasteiger partial charge in [-0.25, -0.2) is 0 Å². The number of fused-ring (bicyclic) bond motifs is 5. The third-order valence-corrected chi connectivity index (χ3v) is 14.5. The quantitative estimate of drug-likeness (QED) is 0.162. The number of aliphatic hydroxyl groups excluding tert-OH is 4. The van der Waals surface area contributed by atoms with Crippen LogP contribution >= 0.6 is 0 Å². The highest BCUT2D eigenvalue weighted by molar-refractivity contribution is 7.83. The van der Waals surface area contributed by atoms with Gasteiger partial charge in [0.15, 0.2) is 30.4 Å². The number of hydrogen-bond acceptors (Lipinski definition) is 14. The zero-order valence-electron chi connectivity index (χ0n) is 31.2. The number of carbonyl (C=O) groups is 2. The average Bonchev–Trinajstić information content (AvgIpc) is 3.63. The van der Waals surface area contributed by atoms with Crippen LogP contribution in [0.5, 0.6) is 0 Å². The Kier molecular flexibility index (Phi) is 11.9. The van der Waals surface area contributed by atoms with E-state index in [-0.39, 0.29) is 53.7 Å². The third kappa shape index (κ3) is 7.87. The zero-order valence-corrected chi connectivity index (χ0v) is 32.0. The minimum Gasteiger partial charge on any atom is -0.390 e. The lowest BCUT2D eigenvalue weighted by Gasteiger charge is -2.61. The summed E-state index contributed by atoms with van der Waals surface area (Å²) in [6.45, 7) is 5.19. The van der Waals surface area contributed by atoms with E-state index in [9.17, 15) is 43.0 Å². The highest BCUT2D eigenvalue weighted by atomic mass is 32.2. The number of hydrogen-bond donors (Lipinski definition) is 6. The molecule has 0 amide bonds. The van der Waals surface area contributed by atoms with Crippen molar-refractivity contribution in [2.45, 2.75) is 159 Å². The van der Waals surface area contributed by atoms with E-state index in [2.05, 4.69) is 13.8 Å². The van der Waals surface area contributed by atoms with Crippen molar-refractivity contribution < 1.29 is 71.4 Å². The van der Waals surface area contributed by atoms with E-state index in [4.69, 9.17) is 28.4 Å². The van der Waals surface area contributed by atoms with Gasteiger partial charge in [0.05, 0.1) is 24.9 Å². The molecule has 6 fully saturated rings. The van der Waals surface area contributed by atoms with Crippen molar-refractivity contribution in [1.29, 1.82) is 0 Å². The Hall–Kier alpha value is -1.45. The van der Waals surface area contributed by atoms with Crippen molar-refractivity contribution in [1.82, 2.24) is 4.72 Å². The van der Waals surface area contributed by atoms with E-state index in [0.717, 1.165) is 24.8 Å². The first-order valence-electron chi connectivity index (χ1n) is 19.6. The number of allylic oxidation sites excluding steroid dienone is 1.